The molecular formula is C17H28N2O. The van der Waals surface area contributed by atoms with Gasteiger partial charge in [-0.2, -0.15) is 0 Å². The summed E-state index contributed by atoms with van der Waals surface area (Å²) in [7, 11) is 4.13. The average Bonchev–Trinajstić information content (AvgIpc) is 2.42. The largest absolute Gasteiger partial charge is 0.308 e. The number of Topliss-reactive ketones (excluding diaryl/α,β-unsaturated/α-hetero) is 1. The lowest BCUT2D eigenvalue weighted by molar-refractivity contribution is 0.0828. The number of hydrogen-bond acceptors (Lipinski definition) is 3. The number of carbonyl (C=O) groups excluding carboxylic acids is 1. The van der Waals surface area contributed by atoms with Crippen molar-refractivity contribution < 1.29 is 4.79 Å². The van der Waals surface area contributed by atoms with E-state index < -0.39 is 0 Å². The molecule has 112 valence electrons. The van der Waals surface area contributed by atoms with E-state index in [2.05, 4.69) is 30.8 Å². The second-order valence-corrected chi connectivity index (χ2v) is 5.75. The Kier molecular flexibility index (Phi) is 6.89. The Morgan fingerprint density at radius 3 is 2.20 bits per heavy atom. The zero-order valence-corrected chi connectivity index (χ0v) is 13.5. The van der Waals surface area contributed by atoms with Crippen molar-refractivity contribution in [1.29, 1.82) is 0 Å². The molecule has 0 amide bonds. The van der Waals surface area contributed by atoms with Crippen LogP contribution in [-0.4, -0.2) is 55.4 Å². The fraction of sp³-hybridized carbons (Fsp3) is 0.588. The van der Waals surface area contributed by atoms with Crippen LogP contribution in [0.25, 0.3) is 0 Å². The van der Waals surface area contributed by atoms with Gasteiger partial charge in [0.15, 0.2) is 5.78 Å². The Hall–Kier alpha value is -1.19. The second-order valence-electron chi connectivity index (χ2n) is 5.75. The minimum atomic E-state index is -0.0578. The van der Waals surface area contributed by atoms with Gasteiger partial charge in [0.1, 0.15) is 0 Å². The van der Waals surface area contributed by atoms with Gasteiger partial charge in [-0.25, -0.2) is 0 Å². The van der Waals surface area contributed by atoms with E-state index in [1.807, 2.05) is 38.1 Å². The van der Waals surface area contributed by atoms with Crippen molar-refractivity contribution in [3.8, 4) is 0 Å². The minimum absolute atomic E-state index is 0.0578. The highest BCUT2D eigenvalue weighted by molar-refractivity contribution is 5.99. The van der Waals surface area contributed by atoms with Gasteiger partial charge in [0, 0.05) is 18.7 Å². The van der Waals surface area contributed by atoms with Crippen LogP contribution < -0.4 is 0 Å². The van der Waals surface area contributed by atoms with Crippen LogP contribution in [0.1, 0.15) is 36.2 Å². The Morgan fingerprint density at radius 2 is 1.70 bits per heavy atom. The van der Waals surface area contributed by atoms with Gasteiger partial charge in [-0.3, -0.25) is 9.69 Å². The number of hydrogen-bond donors (Lipinski definition) is 0. The standard InChI is InChI=1S/C17H28N2O/c1-6-11-19(13-12-18(4)5)15(3)17(20)16-9-7-14(2)8-10-16/h7-10,15H,6,11-13H2,1-5H3. The van der Waals surface area contributed by atoms with E-state index in [9.17, 15) is 4.79 Å². The van der Waals surface area contributed by atoms with Crippen molar-refractivity contribution in [3.63, 3.8) is 0 Å². The van der Waals surface area contributed by atoms with Gasteiger partial charge in [0.05, 0.1) is 6.04 Å². The summed E-state index contributed by atoms with van der Waals surface area (Å²) in [6.07, 6.45) is 1.07. The predicted octanol–water partition coefficient (Wildman–Crippen LogP) is 2.84. The molecule has 1 rings (SSSR count). The Morgan fingerprint density at radius 1 is 1.10 bits per heavy atom. The van der Waals surface area contributed by atoms with Gasteiger partial charge in [-0.1, -0.05) is 36.8 Å². The van der Waals surface area contributed by atoms with Crippen molar-refractivity contribution in [2.24, 2.45) is 0 Å². The first-order valence-electron chi connectivity index (χ1n) is 7.45. The molecule has 0 aliphatic carbocycles. The van der Waals surface area contributed by atoms with Crippen LogP contribution in [0.3, 0.4) is 0 Å². The van der Waals surface area contributed by atoms with Gasteiger partial charge in [-0.15, -0.1) is 0 Å². The van der Waals surface area contributed by atoms with Gasteiger partial charge in [0.25, 0.3) is 0 Å². The van der Waals surface area contributed by atoms with E-state index in [0.29, 0.717) is 0 Å². The summed E-state index contributed by atoms with van der Waals surface area (Å²) in [5, 5.41) is 0. The molecule has 0 N–H and O–H groups in total. The summed E-state index contributed by atoms with van der Waals surface area (Å²) < 4.78 is 0. The molecule has 3 nitrogen and oxygen atoms in total. The molecule has 0 bridgehead atoms. The third-order valence-corrected chi connectivity index (χ3v) is 3.61. The zero-order chi connectivity index (χ0) is 15.1. The molecule has 1 aromatic rings. The Balaban J connectivity index is 2.74. The lowest BCUT2D eigenvalue weighted by Gasteiger charge is -2.29. The first-order valence-corrected chi connectivity index (χ1v) is 7.45. The number of aryl methyl sites for hydroxylation is 1. The molecule has 0 aliphatic heterocycles. The Bertz CT molecular complexity index is 412. The molecule has 0 spiro atoms. The van der Waals surface area contributed by atoms with Crippen molar-refractivity contribution in [2.75, 3.05) is 33.7 Å². The molecule has 0 saturated heterocycles. The van der Waals surface area contributed by atoms with Crippen molar-refractivity contribution >= 4 is 5.78 Å². The molecule has 0 aromatic heterocycles. The summed E-state index contributed by atoms with van der Waals surface area (Å²) >= 11 is 0. The van der Waals surface area contributed by atoms with Gasteiger partial charge >= 0.3 is 0 Å². The lowest BCUT2D eigenvalue weighted by Crippen LogP contribution is -2.43. The molecule has 0 heterocycles. The van der Waals surface area contributed by atoms with Crippen LogP contribution >= 0.6 is 0 Å². The van der Waals surface area contributed by atoms with Crippen molar-refractivity contribution in [2.45, 2.75) is 33.2 Å². The van der Waals surface area contributed by atoms with Crippen molar-refractivity contribution in [3.05, 3.63) is 35.4 Å². The van der Waals surface area contributed by atoms with Crippen LogP contribution in [0, 0.1) is 6.92 Å². The van der Waals surface area contributed by atoms with Gasteiger partial charge in [-0.05, 0) is 40.9 Å². The fourth-order valence-corrected chi connectivity index (χ4v) is 2.24. The first-order chi connectivity index (χ1) is 9.45. The summed E-state index contributed by atoms with van der Waals surface area (Å²) in [5.74, 6) is 0.220. The summed E-state index contributed by atoms with van der Waals surface area (Å²) in [4.78, 5) is 17.0. The van der Waals surface area contributed by atoms with E-state index in [4.69, 9.17) is 0 Å². The highest BCUT2D eigenvalue weighted by Crippen LogP contribution is 2.11. The molecule has 0 saturated carbocycles. The van der Waals surface area contributed by atoms with E-state index in [1.54, 1.807) is 0 Å². The van der Waals surface area contributed by atoms with Gasteiger partial charge < -0.3 is 4.90 Å². The third-order valence-electron chi connectivity index (χ3n) is 3.61. The lowest BCUT2D eigenvalue weighted by atomic mass is 10.0. The normalized spacial score (nSPS) is 12.9. The third kappa shape index (κ3) is 5.06. The molecule has 3 heteroatoms. The van der Waals surface area contributed by atoms with Crippen molar-refractivity contribution in [1.82, 2.24) is 9.80 Å². The molecule has 1 aromatic carbocycles. The van der Waals surface area contributed by atoms with Crippen LogP contribution in [0.15, 0.2) is 24.3 Å². The molecular weight excluding hydrogens is 248 g/mol. The average molecular weight is 276 g/mol. The topological polar surface area (TPSA) is 23.6 Å². The SMILES string of the molecule is CCCN(CCN(C)C)C(C)C(=O)c1ccc(C)cc1. The maximum absolute atomic E-state index is 12.6. The Labute approximate surface area is 123 Å². The highest BCUT2D eigenvalue weighted by Gasteiger charge is 2.21. The van der Waals surface area contributed by atoms with Crippen LogP contribution in [0.5, 0.6) is 0 Å². The molecule has 0 radical (unpaired) electrons. The number of rotatable bonds is 8. The number of carbonyl (C=O) groups is 1. The predicted molar refractivity (Wildman–Crippen MR) is 85.4 cm³/mol. The maximum Gasteiger partial charge on any atom is 0.179 e. The number of nitrogens with zero attached hydrogens (tertiary/aromatic N) is 2. The molecule has 0 fully saturated rings. The number of likely N-dealkylation sites (N-methyl/N-ethyl adjacent to an activating group) is 1. The number of benzene rings is 1. The first kappa shape index (κ1) is 16.9. The molecule has 1 unspecified atom stereocenters. The quantitative estimate of drug-likeness (QED) is 0.682. The van der Waals surface area contributed by atoms with Crippen LogP contribution in [0.2, 0.25) is 0 Å². The van der Waals surface area contributed by atoms with E-state index >= 15 is 0 Å². The fourth-order valence-electron chi connectivity index (χ4n) is 2.24. The second kappa shape index (κ2) is 8.18. The summed E-state index contributed by atoms with van der Waals surface area (Å²) in [6.45, 7) is 9.09. The monoisotopic (exact) mass is 276 g/mol. The zero-order valence-electron chi connectivity index (χ0n) is 13.5. The van der Waals surface area contributed by atoms with E-state index in [1.165, 1.54) is 5.56 Å². The summed E-state index contributed by atoms with van der Waals surface area (Å²) in [6, 6.07) is 7.82. The van der Waals surface area contributed by atoms with Gasteiger partial charge in [0.2, 0.25) is 0 Å². The van der Waals surface area contributed by atoms with Crippen LogP contribution in [0.4, 0.5) is 0 Å². The number of ketones is 1. The smallest absolute Gasteiger partial charge is 0.179 e. The highest BCUT2D eigenvalue weighted by atomic mass is 16.1. The molecule has 0 aliphatic rings. The minimum Gasteiger partial charge on any atom is -0.308 e. The molecule has 20 heavy (non-hydrogen) atoms. The summed E-state index contributed by atoms with van der Waals surface area (Å²) in [5.41, 5.74) is 2.00. The van der Waals surface area contributed by atoms with E-state index in [0.717, 1.165) is 31.6 Å². The molecule has 1 atom stereocenters. The van der Waals surface area contributed by atoms with Crippen LogP contribution in [-0.2, 0) is 0 Å². The maximum atomic E-state index is 12.6. The van der Waals surface area contributed by atoms with E-state index in [-0.39, 0.29) is 11.8 Å².